The first kappa shape index (κ1) is 35.4. The molecule has 0 N–H and O–H groups in total. The Labute approximate surface area is 300 Å². The molecule has 0 aromatic heterocycles. The fourth-order valence-corrected chi connectivity index (χ4v) is 6.99. The van der Waals surface area contributed by atoms with Crippen LogP contribution >= 0.6 is 24.8 Å². The molecular formula is C43H38Cl2Zr. The van der Waals surface area contributed by atoms with Gasteiger partial charge in [0, 0.05) is 0 Å². The predicted molar refractivity (Wildman–Crippen MR) is 203 cm³/mol. The number of hydrogen-bond acceptors (Lipinski definition) is 0. The molecule has 0 heterocycles. The van der Waals surface area contributed by atoms with Crippen LogP contribution in [0, 0.1) is 6.08 Å². The standard InChI is InChI=1S/C21H13.C17H18.C5H5.2ClH.Zr/c1-2-8-15-14(7-1)13-20-18-11-4-3-9-16(18)17-10-5-6-12-19(17)21(15)20;1-14(16-9-5-3-6-10-16)13-15(2)17-11-7-4-8-12-17;1-2-4-5-3-1;;;/h1-13H;3-12,14-15H,1-2H3;1-3H,4H2;2*1H;/q-1;;-1;;;+2. The minimum absolute atomic E-state index is 0. The maximum Gasteiger partial charge on any atom is -0.0255 e. The van der Waals surface area contributed by atoms with E-state index in [2.05, 4.69) is 166 Å². The summed E-state index contributed by atoms with van der Waals surface area (Å²) in [5.74, 6) is 1.08. The second-order valence-corrected chi connectivity index (χ2v) is 12.8. The molecule has 0 saturated heterocycles. The second kappa shape index (κ2) is 16.9. The Morgan fingerprint density at radius 3 is 1.54 bits per heavy atom. The molecule has 0 saturated carbocycles. The van der Waals surface area contributed by atoms with Gasteiger partial charge in [0.25, 0.3) is 0 Å². The molecule has 228 valence electrons. The maximum atomic E-state index is 2.99. The van der Waals surface area contributed by atoms with E-state index in [1.54, 1.807) is 27.4 Å². The van der Waals surface area contributed by atoms with Crippen LogP contribution in [0.15, 0.2) is 158 Å². The average molecular weight is 717 g/mol. The summed E-state index contributed by atoms with van der Waals surface area (Å²) < 4.78 is 1.61. The van der Waals surface area contributed by atoms with E-state index in [1.165, 1.54) is 54.2 Å². The fraction of sp³-hybridized carbons (Fsp3) is 0.116. The molecule has 0 nitrogen and oxygen atoms in total. The van der Waals surface area contributed by atoms with Crippen molar-refractivity contribution in [3.63, 3.8) is 0 Å². The molecule has 0 aliphatic heterocycles. The Balaban J connectivity index is 0.000000176. The molecule has 0 bridgehead atoms. The number of allylic oxidation sites excluding steroid dienone is 4. The summed E-state index contributed by atoms with van der Waals surface area (Å²) in [5, 5.41) is 10.8. The molecule has 3 heteroatoms. The zero-order valence-electron chi connectivity index (χ0n) is 26.2. The first-order valence-electron chi connectivity index (χ1n) is 15.4. The number of fused-ring (bicyclic) bond motifs is 8. The van der Waals surface area contributed by atoms with Crippen LogP contribution in [-0.2, 0) is 24.2 Å². The molecule has 0 spiro atoms. The third-order valence-corrected chi connectivity index (χ3v) is 10.7. The van der Waals surface area contributed by atoms with Crippen LogP contribution in [-0.4, -0.2) is 3.21 Å². The van der Waals surface area contributed by atoms with Crippen LogP contribution in [0.2, 0.25) is 0 Å². The van der Waals surface area contributed by atoms with Gasteiger partial charge in [-0.05, 0) is 10.8 Å². The van der Waals surface area contributed by atoms with Crippen molar-refractivity contribution >= 4 is 71.1 Å². The number of rotatable bonds is 4. The van der Waals surface area contributed by atoms with Crippen molar-refractivity contribution in [2.24, 2.45) is 0 Å². The minimum Gasteiger partial charge on any atom is -0.273 e. The van der Waals surface area contributed by atoms with Crippen molar-refractivity contribution in [3.05, 3.63) is 175 Å². The van der Waals surface area contributed by atoms with Gasteiger partial charge in [0.2, 0.25) is 0 Å². The monoisotopic (exact) mass is 714 g/mol. The summed E-state index contributed by atoms with van der Waals surface area (Å²) in [6.45, 7) is 4.64. The largest absolute Gasteiger partial charge is 0.273 e. The Hall–Kier alpha value is -3.48. The van der Waals surface area contributed by atoms with Gasteiger partial charge < -0.3 is 0 Å². The minimum atomic E-state index is 0. The summed E-state index contributed by atoms with van der Waals surface area (Å²) in [5.41, 5.74) is 2.85. The van der Waals surface area contributed by atoms with Gasteiger partial charge in [0.1, 0.15) is 0 Å². The van der Waals surface area contributed by atoms with Gasteiger partial charge in [-0.2, -0.15) is 6.08 Å². The van der Waals surface area contributed by atoms with Crippen LogP contribution in [0.5, 0.6) is 0 Å². The van der Waals surface area contributed by atoms with E-state index < -0.39 is 0 Å². The van der Waals surface area contributed by atoms with Gasteiger partial charge in [-0.3, -0.25) is 6.08 Å². The molecule has 8 rings (SSSR count). The van der Waals surface area contributed by atoms with E-state index in [0.717, 1.165) is 6.42 Å². The van der Waals surface area contributed by atoms with Gasteiger partial charge in [0.05, 0.1) is 0 Å². The summed E-state index contributed by atoms with van der Waals surface area (Å²) in [4.78, 5) is 0. The third-order valence-electron chi connectivity index (χ3n) is 8.62. The van der Waals surface area contributed by atoms with Crippen LogP contribution < -0.4 is 0 Å². The SMILES string of the molecule is CC([C](=[Zr+2])C(C)c1ccccc1)c1ccccc1.Cl.Cl.[C-]1=CC=CC1.c1ccc2c(c1)[cH-]c1c3ccccc3c3ccccc3c21. The topological polar surface area (TPSA) is 0 Å². The molecular weight excluding hydrogens is 679 g/mol. The number of halogens is 2. The van der Waals surface area contributed by atoms with Gasteiger partial charge >= 0.3 is 125 Å². The van der Waals surface area contributed by atoms with Gasteiger partial charge in [-0.1, -0.05) is 77.5 Å². The second-order valence-electron chi connectivity index (χ2n) is 11.3. The molecule has 1 aliphatic rings. The first-order valence-corrected chi connectivity index (χ1v) is 16.6. The fourth-order valence-electron chi connectivity index (χ4n) is 6.17. The van der Waals surface area contributed by atoms with E-state index >= 15 is 0 Å². The normalized spacial score (nSPS) is 12.8. The zero-order valence-corrected chi connectivity index (χ0v) is 30.3. The molecule has 7 aromatic rings. The molecule has 2 unspecified atom stereocenters. The van der Waals surface area contributed by atoms with Crippen molar-refractivity contribution < 1.29 is 24.2 Å². The summed E-state index contributed by atoms with van der Waals surface area (Å²) in [6.07, 6.45) is 10.0. The number of benzene rings is 6. The Morgan fingerprint density at radius 1 is 0.587 bits per heavy atom. The third kappa shape index (κ3) is 7.72. The van der Waals surface area contributed by atoms with E-state index in [1.807, 2.05) is 12.2 Å². The first-order chi connectivity index (χ1) is 21.6. The van der Waals surface area contributed by atoms with E-state index in [4.69, 9.17) is 0 Å². The van der Waals surface area contributed by atoms with Crippen LogP contribution in [0.25, 0.3) is 43.1 Å². The van der Waals surface area contributed by atoms with Gasteiger partial charge in [0.15, 0.2) is 0 Å². The molecule has 0 radical (unpaired) electrons. The van der Waals surface area contributed by atoms with Crippen LogP contribution in [0.3, 0.4) is 0 Å². The van der Waals surface area contributed by atoms with Crippen molar-refractivity contribution in [2.45, 2.75) is 32.1 Å². The Kier molecular flexibility index (Phi) is 13.0. The van der Waals surface area contributed by atoms with Crippen molar-refractivity contribution in [3.8, 4) is 0 Å². The van der Waals surface area contributed by atoms with Crippen LogP contribution in [0.4, 0.5) is 0 Å². The molecule has 0 fully saturated rings. The summed E-state index contributed by atoms with van der Waals surface area (Å²) in [6, 6.07) is 50.1. The van der Waals surface area contributed by atoms with E-state index in [0.29, 0.717) is 11.8 Å². The van der Waals surface area contributed by atoms with E-state index in [9.17, 15) is 0 Å². The van der Waals surface area contributed by atoms with Crippen molar-refractivity contribution in [1.82, 2.24) is 0 Å². The Bertz CT molecular complexity index is 2030. The molecule has 7 aromatic carbocycles. The quantitative estimate of drug-likeness (QED) is 0.126. The molecule has 0 amide bonds. The van der Waals surface area contributed by atoms with E-state index in [-0.39, 0.29) is 24.8 Å². The summed E-state index contributed by atoms with van der Waals surface area (Å²) in [7, 11) is 0. The predicted octanol–water partition coefficient (Wildman–Crippen LogP) is 12.5. The van der Waals surface area contributed by atoms with Crippen molar-refractivity contribution in [1.29, 1.82) is 0 Å². The average Bonchev–Trinajstić information content (AvgIpc) is 3.81. The Morgan fingerprint density at radius 2 is 1.04 bits per heavy atom. The molecule has 46 heavy (non-hydrogen) atoms. The zero-order chi connectivity index (χ0) is 30.3. The summed E-state index contributed by atoms with van der Waals surface area (Å²) >= 11 is 1.54. The smallest absolute Gasteiger partial charge is 0.0255 e. The van der Waals surface area contributed by atoms with Crippen LogP contribution in [0.1, 0.15) is 43.2 Å². The molecule has 2 atom stereocenters. The maximum absolute atomic E-state index is 2.99. The van der Waals surface area contributed by atoms with Crippen molar-refractivity contribution in [2.75, 3.05) is 0 Å². The van der Waals surface area contributed by atoms with Gasteiger partial charge in [-0.15, -0.1) is 64.9 Å². The molecule has 1 aliphatic carbocycles. The number of hydrogen-bond donors (Lipinski definition) is 0. The van der Waals surface area contributed by atoms with Gasteiger partial charge in [-0.25, -0.2) is 12.2 Å².